The molecule has 0 spiro atoms. The molecule has 0 fully saturated rings. The first-order valence-electron chi connectivity index (χ1n) is 10.2. The second-order valence-corrected chi connectivity index (χ2v) is 7.23. The van der Waals surface area contributed by atoms with Crippen molar-refractivity contribution in [2.24, 2.45) is 0 Å². The molecule has 0 unspecified atom stereocenters. The van der Waals surface area contributed by atoms with Crippen LogP contribution in [0.15, 0.2) is 91.5 Å². The first kappa shape index (κ1) is 20.3. The predicted molar refractivity (Wildman–Crippen MR) is 127 cm³/mol. The topological polar surface area (TPSA) is 55.3 Å². The minimum absolute atomic E-state index is 0.258. The average Bonchev–Trinajstić information content (AvgIpc) is 3.16. The van der Waals surface area contributed by atoms with Crippen LogP contribution in [0.25, 0.3) is 22.2 Å². The first-order chi connectivity index (χ1) is 15.2. The molecule has 5 nitrogen and oxygen atoms in total. The number of nitrogens with zero attached hydrogens (tertiary/aromatic N) is 1. The van der Waals surface area contributed by atoms with E-state index in [9.17, 15) is 4.79 Å². The lowest BCUT2D eigenvalue weighted by Crippen LogP contribution is -2.28. The van der Waals surface area contributed by atoms with Crippen molar-refractivity contribution in [1.82, 2.24) is 9.88 Å². The van der Waals surface area contributed by atoms with Gasteiger partial charge in [-0.15, -0.1) is 6.58 Å². The number of amides is 2. The molecule has 2 amide bonds. The van der Waals surface area contributed by atoms with Gasteiger partial charge in [0.05, 0.1) is 12.6 Å². The van der Waals surface area contributed by atoms with Crippen LogP contribution < -0.4 is 15.4 Å². The highest BCUT2D eigenvalue weighted by molar-refractivity contribution is 5.92. The molecule has 0 saturated heterocycles. The highest BCUT2D eigenvalue weighted by Crippen LogP contribution is 2.32. The van der Waals surface area contributed by atoms with E-state index in [0.717, 1.165) is 40.1 Å². The van der Waals surface area contributed by atoms with Crippen LogP contribution in [0, 0.1) is 0 Å². The maximum atomic E-state index is 12.0. The van der Waals surface area contributed by atoms with Gasteiger partial charge in [0.2, 0.25) is 0 Å². The third-order valence-corrected chi connectivity index (χ3v) is 5.12. The van der Waals surface area contributed by atoms with Crippen molar-refractivity contribution in [3.8, 4) is 17.0 Å². The number of aromatic nitrogens is 1. The molecule has 4 aromatic rings. The molecule has 0 aliphatic carbocycles. The molecule has 156 valence electrons. The van der Waals surface area contributed by atoms with Crippen molar-refractivity contribution in [1.29, 1.82) is 0 Å². The number of hydrogen-bond donors (Lipinski definition) is 2. The van der Waals surface area contributed by atoms with Gasteiger partial charge in [0.25, 0.3) is 0 Å². The SMILES string of the molecule is C=CCNC(=O)Nc1cccc(-c2cc3ccc(OC)cc3n2Cc2ccccc2)c1. The summed E-state index contributed by atoms with van der Waals surface area (Å²) in [5.41, 5.74) is 5.13. The molecule has 0 atom stereocenters. The van der Waals surface area contributed by atoms with Crippen molar-refractivity contribution >= 4 is 22.6 Å². The van der Waals surface area contributed by atoms with Gasteiger partial charge in [-0.25, -0.2) is 4.79 Å². The van der Waals surface area contributed by atoms with Crippen LogP contribution in [0.1, 0.15) is 5.56 Å². The van der Waals surface area contributed by atoms with Gasteiger partial charge in [0, 0.05) is 41.5 Å². The molecule has 1 aromatic heterocycles. The number of carbonyl (C=O) groups is 1. The first-order valence-corrected chi connectivity index (χ1v) is 10.2. The molecule has 0 radical (unpaired) electrons. The van der Waals surface area contributed by atoms with E-state index in [1.165, 1.54) is 5.56 Å². The van der Waals surface area contributed by atoms with Gasteiger partial charge < -0.3 is 19.9 Å². The van der Waals surface area contributed by atoms with Crippen LogP contribution in [0.2, 0.25) is 0 Å². The fraction of sp³-hybridized carbons (Fsp3) is 0.115. The van der Waals surface area contributed by atoms with Crippen LogP contribution >= 0.6 is 0 Å². The minimum atomic E-state index is -0.258. The Bertz CT molecular complexity index is 1210. The van der Waals surface area contributed by atoms with Gasteiger partial charge >= 0.3 is 6.03 Å². The number of hydrogen-bond acceptors (Lipinski definition) is 2. The molecule has 0 bridgehead atoms. The number of methoxy groups -OCH3 is 1. The third-order valence-electron chi connectivity index (χ3n) is 5.12. The largest absolute Gasteiger partial charge is 0.497 e. The standard InChI is InChI=1S/C26H25N3O2/c1-3-14-27-26(30)28-22-11-7-10-20(15-22)24-16-21-12-13-23(31-2)17-25(21)29(24)18-19-8-5-4-6-9-19/h3-13,15-17H,1,14,18H2,2H3,(H2,27,28,30). The fourth-order valence-electron chi connectivity index (χ4n) is 3.63. The van der Waals surface area contributed by atoms with E-state index in [1.807, 2.05) is 42.5 Å². The fourth-order valence-corrected chi connectivity index (χ4v) is 3.63. The van der Waals surface area contributed by atoms with Crippen LogP contribution in [-0.4, -0.2) is 24.3 Å². The maximum Gasteiger partial charge on any atom is 0.319 e. The summed E-state index contributed by atoms with van der Waals surface area (Å²) < 4.78 is 7.74. The van der Waals surface area contributed by atoms with E-state index >= 15 is 0 Å². The van der Waals surface area contributed by atoms with Crippen LogP contribution in [0.3, 0.4) is 0 Å². The number of anilines is 1. The maximum absolute atomic E-state index is 12.0. The second-order valence-electron chi connectivity index (χ2n) is 7.23. The molecule has 31 heavy (non-hydrogen) atoms. The van der Waals surface area contributed by atoms with Crippen molar-refractivity contribution in [2.75, 3.05) is 19.0 Å². The molecular formula is C26H25N3O2. The summed E-state index contributed by atoms with van der Waals surface area (Å²) in [5.74, 6) is 0.820. The monoisotopic (exact) mass is 411 g/mol. The Labute approximate surface area is 182 Å². The lowest BCUT2D eigenvalue weighted by atomic mass is 10.1. The van der Waals surface area contributed by atoms with Crippen LogP contribution in [0.4, 0.5) is 10.5 Å². The van der Waals surface area contributed by atoms with Crippen LogP contribution in [-0.2, 0) is 6.54 Å². The Balaban J connectivity index is 1.76. The van der Waals surface area contributed by atoms with Gasteiger partial charge in [-0.05, 0) is 35.9 Å². The highest BCUT2D eigenvalue weighted by Gasteiger charge is 2.13. The molecule has 0 aliphatic rings. The minimum Gasteiger partial charge on any atom is -0.497 e. The van der Waals surface area contributed by atoms with E-state index in [-0.39, 0.29) is 6.03 Å². The zero-order chi connectivity index (χ0) is 21.6. The van der Waals surface area contributed by atoms with E-state index in [1.54, 1.807) is 13.2 Å². The molecule has 0 saturated carbocycles. The number of benzene rings is 3. The van der Waals surface area contributed by atoms with Gasteiger partial charge in [0.15, 0.2) is 0 Å². The third kappa shape index (κ3) is 4.61. The lowest BCUT2D eigenvalue weighted by Gasteiger charge is -2.13. The molecule has 2 N–H and O–H groups in total. The second kappa shape index (κ2) is 9.22. The van der Waals surface area contributed by atoms with Gasteiger partial charge in [0.1, 0.15) is 5.75 Å². The summed E-state index contributed by atoms with van der Waals surface area (Å²) in [5, 5.41) is 6.75. The quantitative estimate of drug-likeness (QED) is 0.385. The molecule has 1 heterocycles. The summed E-state index contributed by atoms with van der Waals surface area (Å²) >= 11 is 0. The lowest BCUT2D eigenvalue weighted by molar-refractivity contribution is 0.253. The Hall–Kier alpha value is -3.99. The average molecular weight is 412 g/mol. The summed E-state index contributed by atoms with van der Waals surface area (Å²) in [6, 6.07) is 26.3. The van der Waals surface area contributed by atoms with Gasteiger partial charge in [-0.2, -0.15) is 0 Å². The summed E-state index contributed by atoms with van der Waals surface area (Å²) in [4.78, 5) is 12.0. The zero-order valence-electron chi connectivity index (χ0n) is 17.5. The van der Waals surface area contributed by atoms with Gasteiger partial charge in [-0.1, -0.05) is 48.5 Å². The summed E-state index contributed by atoms with van der Waals surface area (Å²) in [6.45, 7) is 4.76. The van der Waals surface area contributed by atoms with E-state index < -0.39 is 0 Å². The molecular weight excluding hydrogens is 386 g/mol. The Kier molecular flexibility index (Phi) is 6.03. The Morgan fingerprint density at radius 2 is 1.87 bits per heavy atom. The van der Waals surface area contributed by atoms with E-state index in [4.69, 9.17) is 4.74 Å². The van der Waals surface area contributed by atoms with Crippen molar-refractivity contribution in [3.63, 3.8) is 0 Å². The number of ether oxygens (including phenoxy) is 1. The molecule has 4 rings (SSSR count). The van der Waals surface area contributed by atoms with E-state index in [2.05, 4.69) is 58.2 Å². The predicted octanol–water partition coefficient (Wildman–Crippen LogP) is 5.67. The van der Waals surface area contributed by atoms with Crippen LogP contribution in [0.5, 0.6) is 5.75 Å². The summed E-state index contributed by atoms with van der Waals surface area (Å²) in [7, 11) is 1.68. The number of urea groups is 1. The summed E-state index contributed by atoms with van der Waals surface area (Å²) in [6.07, 6.45) is 1.65. The van der Waals surface area contributed by atoms with E-state index in [0.29, 0.717) is 6.54 Å². The number of rotatable bonds is 7. The number of fused-ring (bicyclic) bond motifs is 1. The Morgan fingerprint density at radius 3 is 2.65 bits per heavy atom. The Morgan fingerprint density at radius 1 is 1.03 bits per heavy atom. The normalized spacial score (nSPS) is 10.6. The molecule has 3 aromatic carbocycles. The van der Waals surface area contributed by atoms with Crippen molar-refractivity contribution in [2.45, 2.75) is 6.54 Å². The van der Waals surface area contributed by atoms with Gasteiger partial charge in [-0.3, -0.25) is 0 Å². The highest BCUT2D eigenvalue weighted by atomic mass is 16.5. The molecule has 5 heteroatoms. The zero-order valence-corrected chi connectivity index (χ0v) is 17.5. The molecule has 0 aliphatic heterocycles. The van der Waals surface area contributed by atoms with Crippen molar-refractivity contribution < 1.29 is 9.53 Å². The smallest absolute Gasteiger partial charge is 0.319 e. The van der Waals surface area contributed by atoms with Crippen molar-refractivity contribution in [3.05, 3.63) is 97.1 Å². The number of nitrogens with one attached hydrogen (secondary N) is 2. The number of carbonyl (C=O) groups excluding carboxylic acids is 1.